The maximum atomic E-state index is 13.7. The quantitative estimate of drug-likeness (QED) is 0.126. The molecule has 0 aliphatic carbocycles. The van der Waals surface area contributed by atoms with Crippen LogP contribution in [0.15, 0.2) is 114 Å². The first-order valence-electron chi connectivity index (χ1n) is 12.7. The molecule has 5 aromatic rings. The zero-order valence-corrected chi connectivity index (χ0v) is 24.5. The van der Waals surface area contributed by atoms with Crippen molar-refractivity contribution in [2.75, 3.05) is 16.0 Å². The zero-order chi connectivity index (χ0) is 27.9. The molecular formula is C32H28N4OS3. The number of aryl methyl sites for hydroxylation is 2. The van der Waals surface area contributed by atoms with Gasteiger partial charge in [0.25, 0.3) is 0 Å². The first-order valence-corrected chi connectivity index (χ1v) is 14.8. The van der Waals surface area contributed by atoms with Gasteiger partial charge in [-0.15, -0.1) is 23.1 Å². The van der Waals surface area contributed by atoms with Crippen LogP contribution >= 0.6 is 35.3 Å². The number of nitrogens with one attached hydrogen (secondary N) is 3. The van der Waals surface area contributed by atoms with Crippen LogP contribution in [-0.2, 0) is 4.79 Å². The van der Waals surface area contributed by atoms with Crippen molar-refractivity contribution in [3.05, 3.63) is 125 Å². The predicted octanol–water partition coefficient (Wildman–Crippen LogP) is 8.71. The minimum absolute atomic E-state index is 0.125. The van der Waals surface area contributed by atoms with Gasteiger partial charge in [-0.05, 0) is 62.0 Å². The number of rotatable bonds is 8. The lowest BCUT2D eigenvalue weighted by atomic mass is 10.1. The fourth-order valence-corrected chi connectivity index (χ4v) is 6.26. The zero-order valence-electron chi connectivity index (χ0n) is 22.0. The van der Waals surface area contributed by atoms with Gasteiger partial charge in [-0.25, -0.2) is 4.98 Å². The minimum Gasteiger partial charge on any atom is -0.332 e. The Labute approximate surface area is 248 Å². The number of hydrogen-bond acceptors (Lipinski definition) is 5. The molecule has 5 nitrogen and oxygen atoms in total. The van der Waals surface area contributed by atoms with Crippen molar-refractivity contribution < 1.29 is 4.79 Å². The molecule has 3 N–H and O–H groups in total. The first kappa shape index (κ1) is 27.6. The van der Waals surface area contributed by atoms with E-state index in [0.29, 0.717) is 10.2 Å². The molecule has 1 heterocycles. The molecule has 1 aromatic heterocycles. The van der Waals surface area contributed by atoms with E-state index in [-0.39, 0.29) is 5.91 Å². The van der Waals surface area contributed by atoms with Crippen LogP contribution in [-0.4, -0.2) is 16.0 Å². The Morgan fingerprint density at radius 1 is 0.800 bits per heavy atom. The maximum Gasteiger partial charge on any atom is 0.244 e. The molecule has 0 spiro atoms. The van der Waals surface area contributed by atoms with Gasteiger partial charge in [-0.1, -0.05) is 84.4 Å². The summed E-state index contributed by atoms with van der Waals surface area (Å²) in [6, 6.07) is 35.7. The average Bonchev–Trinajstić information content (AvgIpc) is 3.32. The van der Waals surface area contributed by atoms with E-state index in [2.05, 4.69) is 47.1 Å². The number of thiazole rings is 1. The lowest BCUT2D eigenvalue weighted by molar-refractivity contribution is -0.115. The summed E-state index contributed by atoms with van der Waals surface area (Å²) in [5.41, 5.74) is 5.79. The Morgan fingerprint density at radius 2 is 1.45 bits per heavy atom. The largest absolute Gasteiger partial charge is 0.332 e. The van der Waals surface area contributed by atoms with Gasteiger partial charge in [0.05, 0.1) is 5.69 Å². The summed E-state index contributed by atoms with van der Waals surface area (Å²) in [6.45, 7) is 4.09. The molecule has 5 rings (SSSR count). The number of anilines is 3. The molecule has 0 aliphatic rings. The van der Waals surface area contributed by atoms with Crippen molar-refractivity contribution in [1.82, 2.24) is 4.98 Å². The molecule has 1 atom stereocenters. The fourth-order valence-electron chi connectivity index (χ4n) is 4.10. The Bertz CT molecular complexity index is 1600. The van der Waals surface area contributed by atoms with Crippen molar-refractivity contribution in [2.45, 2.75) is 24.0 Å². The van der Waals surface area contributed by atoms with E-state index in [0.717, 1.165) is 38.0 Å². The van der Waals surface area contributed by atoms with Crippen molar-refractivity contribution in [3.8, 4) is 11.3 Å². The van der Waals surface area contributed by atoms with Crippen LogP contribution in [0.25, 0.3) is 11.3 Å². The lowest BCUT2D eigenvalue weighted by Crippen LogP contribution is -2.19. The molecular weight excluding hydrogens is 553 g/mol. The molecule has 1 amide bonds. The van der Waals surface area contributed by atoms with Crippen molar-refractivity contribution >= 4 is 62.8 Å². The Balaban J connectivity index is 1.32. The van der Waals surface area contributed by atoms with Gasteiger partial charge in [0.15, 0.2) is 10.2 Å². The second-order valence-corrected chi connectivity index (χ2v) is 12.0. The normalized spacial score (nSPS) is 11.4. The highest BCUT2D eigenvalue weighted by Gasteiger charge is 2.24. The van der Waals surface area contributed by atoms with Crippen LogP contribution in [0.1, 0.15) is 21.3 Å². The molecule has 200 valence electrons. The van der Waals surface area contributed by atoms with Crippen molar-refractivity contribution in [1.29, 1.82) is 0 Å². The second kappa shape index (κ2) is 12.9. The van der Waals surface area contributed by atoms with E-state index < -0.39 is 5.25 Å². The third-order valence-corrected chi connectivity index (χ3v) is 8.41. The Hall–Kier alpha value is -3.98. The summed E-state index contributed by atoms with van der Waals surface area (Å²) in [6.07, 6.45) is 0. The van der Waals surface area contributed by atoms with Gasteiger partial charge in [0.2, 0.25) is 5.91 Å². The van der Waals surface area contributed by atoms with Crippen LogP contribution in [0, 0.1) is 13.8 Å². The smallest absolute Gasteiger partial charge is 0.244 e. The van der Waals surface area contributed by atoms with E-state index >= 15 is 0 Å². The van der Waals surface area contributed by atoms with E-state index in [1.54, 1.807) is 0 Å². The summed E-state index contributed by atoms with van der Waals surface area (Å²) in [4.78, 5) is 20.4. The lowest BCUT2D eigenvalue weighted by Gasteiger charge is -2.17. The molecule has 0 saturated heterocycles. The topological polar surface area (TPSA) is 66.0 Å². The standard InChI is InChI=1S/C32H28N4OS3/c1-21-16-18-23(19-17-21)28-22(2)39-32(35-28)36-30(37)29(24-10-5-3-6-11-24)40-27-15-9-14-26(20-27)34-31(38)33-25-12-7-4-8-13-25/h3-20,29H,1-2H3,(H2,33,34,38)(H,35,36,37). The number of nitrogens with zero attached hydrogens (tertiary/aromatic N) is 1. The van der Waals surface area contributed by atoms with Gasteiger partial charge < -0.3 is 16.0 Å². The van der Waals surface area contributed by atoms with E-state index in [4.69, 9.17) is 17.2 Å². The Kier molecular flexibility index (Phi) is 8.91. The number of hydrogen-bond donors (Lipinski definition) is 3. The van der Waals surface area contributed by atoms with Gasteiger partial charge in [0.1, 0.15) is 5.25 Å². The highest BCUT2D eigenvalue weighted by molar-refractivity contribution is 8.00. The molecule has 0 saturated carbocycles. The van der Waals surface area contributed by atoms with E-state index in [9.17, 15) is 4.79 Å². The predicted molar refractivity (Wildman–Crippen MR) is 173 cm³/mol. The molecule has 4 aromatic carbocycles. The number of thiocarbonyl (C=S) groups is 1. The van der Waals surface area contributed by atoms with Gasteiger partial charge >= 0.3 is 0 Å². The van der Waals surface area contributed by atoms with Crippen molar-refractivity contribution in [3.63, 3.8) is 0 Å². The molecule has 0 aliphatic heterocycles. The minimum atomic E-state index is -0.474. The van der Waals surface area contributed by atoms with E-state index in [1.165, 1.54) is 28.7 Å². The number of aromatic nitrogens is 1. The monoisotopic (exact) mass is 580 g/mol. The van der Waals surface area contributed by atoms with Gasteiger partial charge in [-0.3, -0.25) is 4.79 Å². The molecule has 0 bridgehead atoms. The van der Waals surface area contributed by atoms with Crippen LogP contribution in [0.4, 0.5) is 16.5 Å². The fraction of sp³-hybridized carbons (Fsp3) is 0.0938. The highest BCUT2D eigenvalue weighted by Crippen LogP contribution is 2.38. The first-order chi connectivity index (χ1) is 19.4. The molecule has 0 fully saturated rings. The second-order valence-electron chi connectivity index (χ2n) is 9.16. The Morgan fingerprint density at radius 3 is 2.17 bits per heavy atom. The summed E-state index contributed by atoms with van der Waals surface area (Å²) in [5.74, 6) is -0.125. The van der Waals surface area contributed by atoms with Gasteiger partial charge in [-0.2, -0.15) is 0 Å². The number of thioether (sulfide) groups is 1. The average molecular weight is 581 g/mol. The highest BCUT2D eigenvalue weighted by atomic mass is 32.2. The summed E-state index contributed by atoms with van der Waals surface area (Å²) >= 11 is 8.47. The maximum absolute atomic E-state index is 13.7. The summed E-state index contributed by atoms with van der Waals surface area (Å²) in [5, 5.41) is 10.1. The van der Waals surface area contributed by atoms with Crippen molar-refractivity contribution in [2.24, 2.45) is 0 Å². The molecule has 40 heavy (non-hydrogen) atoms. The number of benzene rings is 4. The number of amides is 1. The van der Waals surface area contributed by atoms with Crippen LogP contribution < -0.4 is 16.0 Å². The molecule has 8 heteroatoms. The number of carbonyl (C=O) groups is 1. The SMILES string of the molecule is Cc1ccc(-c2nc(NC(=O)C(Sc3cccc(NC(=S)Nc4ccccc4)c3)c3ccccc3)sc2C)cc1. The van der Waals surface area contributed by atoms with E-state index in [1.807, 2.05) is 91.9 Å². The van der Waals surface area contributed by atoms with Crippen LogP contribution in [0.2, 0.25) is 0 Å². The number of carbonyl (C=O) groups excluding carboxylic acids is 1. The molecule has 0 radical (unpaired) electrons. The number of para-hydroxylation sites is 1. The third kappa shape index (κ3) is 7.15. The third-order valence-electron chi connectivity index (χ3n) is 6.07. The van der Waals surface area contributed by atoms with Gasteiger partial charge in [0, 0.05) is 26.7 Å². The molecule has 1 unspecified atom stereocenters. The van der Waals surface area contributed by atoms with Crippen LogP contribution in [0.3, 0.4) is 0 Å². The summed E-state index contributed by atoms with van der Waals surface area (Å²) < 4.78 is 0. The summed E-state index contributed by atoms with van der Waals surface area (Å²) in [7, 11) is 0. The van der Waals surface area contributed by atoms with Crippen LogP contribution in [0.5, 0.6) is 0 Å².